The molecule has 104 valence electrons. The zero-order chi connectivity index (χ0) is 13.7. The van der Waals surface area contributed by atoms with Gasteiger partial charge >= 0.3 is 122 Å². The van der Waals surface area contributed by atoms with Crippen molar-refractivity contribution in [3.05, 3.63) is 29.3 Å². The van der Waals surface area contributed by atoms with Gasteiger partial charge in [0.15, 0.2) is 0 Å². The van der Waals surface area contributed by atoms with Gasteiger partial charge in [0.25, 0.3) is 0 Å². The van der Waals surface area contributed by atoms with Crippen LogP contribution in [0.3, 0.4) is 0 Å². The Morgan fingerprint density at radius 1 is 1.22 bits per heavy atom. The van der Waals surface area contributed by atoms with Crippen LogP contribution >= 0.6 is 19.4 Å². The molecule has 0 heterocycles. The SMILES string of the molecule is COC(C)C(C)Oc1ccc(C)cc1[CH]=[Ru]([Cl])[Cl]. The van der Waals surface area contributed by atoms with Crippen LogP contribution in [-0.4, -0.2) is 23.9 Å². The second kappa shape index (κ2) is 7.60. The monoisotopic (exact) mass is 378 g/mol. The fourth-order valence-electron chi connectivity index (χ4n) is 1.43. The summed E-state index contributed by atoms with van der Waals surface area (Å²) in [6.45, 7) is 5.99. The summed E-state index contributed by atoms with van der Waals surface area (Å²) in [6.07, 6.45) is -0.00394. The van der Waals surface area contributed by atoms with Gasteiger partial charge in [0, 0.05) is 0 Å². The van der Waals surface area contributed by atoms with Gasteiger partial charge in [-0.25, -0.2) is 0 Å². The topological polar surface area (TPSA) is 18.5 Å². The minimum atomic E-state index is -1.86. The van der Waals surface area contributed by atoms with Crippen LogP contribution in [0.4, 0.5) is 0 Å². The van der Waals surface area contributed by atoms with Crippen LogP contribution in [0.25, 0.3) is 0 Å². The number of halogens is 2. The van der Waals surface area contributed by atoms with Gasteiger partial charge in [-0.2, -0.15) is 0 Å². The van der Waals surface area contributed by atoms with Crippen molar-refractivity contribution in [2.24, 2.45) is 0 Å². The van der Waals surface area contributed by atoms with Crippen molar-refractivity contribution in [1.29, 1.82) is 0 Å². The van der Waals surface area contributed by atoms with Gasteiger partial charge in [-0.15, -0.1) is 0 Å². The van der Waals surface area contributed by atoms with Crippen molar-refractivity contribution in [2.45, 2.75) is 33.0 Å². The van der Waals surface area contributed by atoms with Crippen LogP contribution in [-0.2, 0) is 18.3 Å². The number of rotatable bonds is 5. The number of hydrogen-bond acceptors (Lipinski definition) is 2. The van der Waals surface area contributed by atoms with Crippen LogP contribution in [0.5, 0.6) is 5.75 Å². The molecule has 2 atom stereocenters. The summed E-state index contributed by atoms with van der Waals surface area (Å²) in [5, 5.41) is 0. The zero-order valence-electron chi connectivity index (χ0n) is 10.9. The summed E-state index contributed by atoms with van der Waals surface area (Å²) < 4.78 is 13.1. The number of ether oxygens (including phenoxy) is 2. The Labute approximate surface area is 122 Å². The Kier molecular flexibility index (Phi) is 6.80. The first-order valence-electron chi connectivity index (χ1n) is 5.57. The average Bonchev–Trinajstić information content (AvgIpc) is 2.30. The predicted octanol–water partition coefficient (Wildman–Crippen LogP) is 3.87. The predicted molar refractivity (Wildman–Crippen MR) is 74.6 cm³/mol. The number of aryl methyl sites for hydroxylation is 1. The Bertz CT molecular complexity index is 431. The second-order valence-corrected chi connectivity index (χ2v) is 9.84. The molecule has 0 bridgehead atoms. The fourth-order valence-corrected chi connectivity index (χ4v) is 3.21. The molecule has 1 rings (SSSR count). The molecule has 0 fully saturated rings. The molecule has 0 spiro atoms. The molecule has 0 amide bonds. The molecular formula is C13H18Cl2O2Ru. The Balaban J connectivity index is 2.98. The Hall–Kier alpha value is 0.0534. The molecule has 2 nitrogen and oxygen atoms in total. The minimum absolute atomic E-state index is 0.0274. The summed E-state index contributed by atoms with van der Waals surface area (Å²) in [5.41, 5.74) is 2.12. The average molecular weight is 378 g/mol. The third kappa shape index (κ3) is 4.97. The third-order valence-corrected chi connectivity index (χ3v) is 4.53. The van der Waals surface area contributed by atoms with E-state index in [0.29, 0.717) is 0 Å². The maximum atomic E-state index is 5.94. The van der Waals surface area contributed by atoms with E-state index in [0.717, 1.165) is 16.9 Å². The molecule has 0 N–H and O–H groups in total. The maximum absolute atomic E-state index is 5.94. The molecule has 1 aromatic carbocycles. The van der Waals surface area contributed by atoms with Crippen molar-refractivity contribution < 1.29 is 23.0 Å². The van der Waals surface area contributed by atoms with Gasteiger partial charge in [0.1, 0.15) is 0 Å². The molecular weight excluding hydrogens is 360 g/mol. The summed E-state index contributed by atoms with van der Waals surface area (Å²) in [5.74, 6) is 0.803. The molecule has 0 aromatic heterocycles. The van der Waals surface area contributed by atoms with Crippen molar-refractivity contribution in [1.82, 2.24) is 0 Å². The van der Waals surface area contributed by atoms with E-state index >= 15 is 0 Å². The second-order valence-electron chi connectivity index (χ2n) is 4.11. The molecule has 18 heavy (non-hydrogen) atoms. The van der Waals surface area contributed by atoms with Crippen molar-refractivity contribution in [3.8, 4) is 5.75 Å². The fraction of sp³-hybridized carbons (Fsp3) is 0.462. The quantitative estimate of drug-likeness (QED) is 0.725. The number of methoxy groups -OCH3 is 1. The molecule has 0 radical (unpaired) electrons. The van der Waals surface area contributed by atoms with E-state index in [1.807, 2.05) is 43.6 Å². The van der Waals surface area contributed by atoms with Crippen molar-refractivity contribution >= 4 is 24.0 Å². The van der Waals surface area contributed by atoms with Crippen LogP contribution in [0.1, 0.15) is 25.0 Å². The molecule has 1 aromatic rings. The van der Waals surface area contributed by atoms with Gasteiger partial charge < -0.3 is 0 Å². The molecule has 2 unspecified atom stereocenters. The van der Waals surface area contributed by atoms with Gasteiger partial charge in [-0.1, -0.05) is 0 Å². The Morgan fingerprint density at radius 3 is 2.44 bits per heavy atom. The van der Waals surface area contributed by atoms with Crippen LogP contribution in [0.15, 0.2) is 18.2 Å². The normalized spacial score (nSPS) is 14.9. The molecule has 0 saturated heterocycles. The zero-order valence-corrected chi connectivity index (χ0v) is 14.1. The van der Waals surface area contributed by atoms with E-state index in [2.05, 4.69) is 0 Å². The van der Waals surface area contributed by atoms with Gasteiger partial charge in [0.2, 0.25) is 0 Å². The first kappa shape index (κ1) is 16.1. The van der Waals surface area contributed by atoms with Crippen molar-refractivity contribution in [2.75, 3.05) is 7.11 Å². The van der Waals surface area contributed by atoms with Crippen LogP contribution < -0.4 is 4.74 Å². The summed E-state index contributed by atoms with van der Waals surface area (Å²) in [7, 11) is 13.5. The van der Waals surface area contributed by atoms with Crippen LogP contribution in [0.2, 0.25) is 0 Å². The Morgan fingerprint density at radius 2 is 1.89 bits per heavy atom. The number of hydrogen-bond donors (Lipinski definition) is 0. The first-order valence-corrected chi connectivity index (χ1v) is 11.0. The molecule has 5 heteroatoms. The third-order valence-electron chi connectivity index (χ3n) is 2.70. The standard InChI is InChI=1S/C13H18O2.2ClH.Ru/c1-9-6-7-13(10(2)8-9)15-12(4)11(3)14-5;;;/h2,6-8,11-12H,1,3-5H3;2*1H;/q;;;+2/p-2. The van der Waals surface area contributed by atoms with Gasteiger partial charge in [0.05, 0.1) is 0 Å². The van der Waals surface area contributed by atoms with Gasteiger partial charge in [-0.3, -0.25) is 0 Å². The summed E-state index contributed by atoms with van der Waals surface area (Å²) in [4.78, 5) is 0. The first-order chi connectivity index (χ1) is 8.43. The molecule has 0 aliphatic heterocycles. The summed E-state index contributed by atoms with van der Waals surface area (Å²) >= 11 is -1.86. The molecule has 0 aliphatic carbocycles. The van der Waals surface area contributed by atoms with E-state index in [9.17, 15) is 0 Å². The van der Waals surface area contributed by atoms with Crippen LogP contribution in [0, 0.1) is 6.92 Å². The summed E-state index contributed by atoms with van der Waals surface area (Å²) in [6, 6.07) is 5.99. The van der Waals surface area contributed by atoms with Crippen molar-refractivity contribution in [3.63, 3.8) is 0 Å². The van der Waals surface area contributed by atoms with Gasteiger partial charge in [-0.05, 0) is 0 Å². The van der Waals surface area contributed by atoms with E-state index in [1.54, 1.807) is 7.11 Å². The molecule has 0 saturated carbocycles. The molecule has 0 aliphatic rings. The van der Waals surface area contributed by atoms with E-state index < -0.39 is 13.5 Å². The van der Waals surface area contributed by atoms with E-state index in [1.165, 1.54) is 0 Å². The van der Waals surface area contributed by atoms with E-state index in [4.69, 9.17) is 28.9 Å². The number of benzene rings is 1. The van der Waals surface area contributed by atoms with E-state index in [-0.39, 0.29) is 12.2 Å².